The Hall–Kier alpha value is -1.07. The Kier molecular flexibility index (Phi) is 6.15. The number of hydrogen-bond donors (Lipinski definition) is 2. The Morgan fingerprint density at radius 1 is 1.06 bits per heavy atom. The van der Waals surface area contributed by atoms with Gasteiger partial charge in [0.1, 0.15) is 0 Å². The van der Waals surface area contributed by atoms with Crippen LogP contribution in [0.5, 0.6) is 0 Å². The van der Waals surface area contributed by atoms with E-state index in [0.717, 1.165) is 18.7 Å². The molecule has 0 aromatic heterocycles. The van der Waals surface area contributed by atoms with Gasteiger partial charge in [-0.25, -0.2) is 13.1 Å². The quantitative estimate of drug-likeness (QED) is 0.714. The highest BCUT2D eigenvalue weighted by atomic mass is 32.2. The molecular formula is C13H22N2O2S. The number of benzene rings is 1. The summed E-state index contributed by atoms with van der Waals surface area (Å²) in [5.74, 6) is 0. The molecule has 0 fully saturated rings. The fraction of sp³-hybridized carbons (Fsp3) is 0.538. The Labute approximate surface area is 110 Å². The zero-order chi connectivity index (χ0) is 13.4. The molecule has 0 radical (unpaired) electrons. The molecule has 18 heavy (non-hydrogen) atoms. The van der Waals surface area contributed by atoms with E-state index in [1.807, 2.05) is 0 Å². The number of hydrogen-bond acceptors (Lipinski definition) is 3. The van der Waals surface area contributed by atoms with E-state index in [1.165, 1.54) is 26.3 Å². The van der Waals surface area contributed by atoms with Crippen molar-refractivity contribution in [3.63, 3.8) is 0 Å². The number of sulfonamides is 1. The lowest BCUT2D eigenvalue weighted by Crippen LogP contribution is -2.18. The molecule has 4 nitrogen and oxygen atoms in total. The predicted octanol–water partition coefficient (Wildman–Crippen LogP) is 2.59. The minimum absolute atomic E-state index is 0.293. The lowest BCUT2D eigenvalue weighted by Gasteiger charge is -2.07. The van der Waals surface area contributed by atoms with Gasteiger partial charge in [-0.1, -0.05) is 26.2 Å². The number of unbranched alkanes of at least 4 members (excludes halogenated alkanes) is 3. The zero-order valence-electron chi connectivity index (χ0n) is 11.1. The summed E-state index contributed by atoms with van der Waals surface area (Å²) in [4.78, 5) is 0.293. The maximum absolute atomic E-state index is 11.5. The zero-order valence-corrected chi connectivity index (χ0v) is 11.9. The van der Waals surface area contributed by atoms with Gasteiger partial charge >= 0.3 is 0 Å². The smallest absolute Gasteiger partial charge is 0.240 e. The second-order valence-corrected chi connectivity index (χ2v) is 6.11. The standard InChI is InChI=1S/C13H22N2O2S/c1-3-4-5-6-11-15-12-7-9-13(10-8-12)18(16,17)14-2/h7-10,14-15H,3-6,11H2,1-2H3. The van der Waals surface area contributed by atoms with Gasteiger partial charge in [0.05, 0.1) is 4.90 Å². The van der Waals surface area contributed by atoms with E-state index in [1.54, 1.807) is 24.3 Å². The van der Waals surface area contributed by atoms with Crippen LogP contribution in [-0.2, 0) is 10.0 Å². The molecule has 1 rings (SSSR count). The van der Waals surface area contributed by atoms with Gasteiger partial charge in [0, 0.05) is 12.2 Å². The second-order valence-electron chi connectivity index (χ2n) is 4.22. The molecule has 0 unspecified atom stereocenters. The molecule has 0 aliphatic rings. The maximum atomic E-state index is 11.5. The molecule has 5 heteroatoms. The summed E-state index contributed by atoms with van der Waals surface area (Å²) in [5, 5.41) is 3.28. The normalized spacial score (nSPS) is 11.4. The number of anilines is 1. The molecule has 0 atom stereocenters. The first-order valence-electron chi connectivity index (χ1n) is 6.37. The molecule has 0 heterocycles. The van der Waals surface area contributed by atoms with Gasteiger partial charge in [-0.05, 0) is 37.7 Å². The topological polar surface area (TPSA) is 58.2 Å². The third kappa shape index (κ3) is 4.66. The molecule has 0 spiro atoms. The highest BCUT2D eigenvalue weighted by Gasteiger charge is 2.09. The van der Waals surface area contributed by atoms with Crippen molar-refractivity contribution in [2.45, 2.75) is 37.5 Å². The Morgan fingerprint density at radius 3 is 2.28 bits per heavy atom. The predicted molar refractivity (Wildman–Crippen MR) is 75.3 cm³/mol. The van der Waals surface area contributed by atoms with Crippen LogP contribution >= 0.6 is 0 Å². The van der Waals surface area contributed by atoms with Crippen LogP contribution in [0.25, 0.3) is 0 Å². The average Bonchev–Trinajstić information content (AvgIpc) is 2.39. The third-order valence-electron chi connectivity index (χ3n) is 2.79. The number of rotatable bonds is 8. The van der Waals surface area contributed by atoms with Crippen molar-refractivity contribution in [2.24, 2.45) is 0 Å². The molecule has 2 N–H and O–H groups in total. The van der Waals surface area contributed by atoms with Crippen LogP contribution in [0, 0.1) is 0 Å². The summed E-state index contributed by atoms with van der Waals surface area (Å²) in [6.45, 7) is 3.12. The van der Waals surface area contributed by atoms with E-state index >= 15 is 0 Å². The van der Waals surface area contributed by atoms with Gasteiger partial charge in [0.15, 0.2) is 0 Å². The van der Waals surface area contributed by atoms with Crippen LogP contribution in [0.3, 0.4) is 0 Å². The van der Waals surface area contributed by atoms with Gasteiger partial charge in [-0.2, -0.15) is 0 Å². The SMILES string of the molecule is CCCCCCNc1ccc(S(=O)(=O)NC)cc1. The molecule has 0 aliphatic carbocycles. The van der Waals surface area contributed by atoms with Crippen LogP contribution < -0.4 is 10.0 Å². The van der Waals surface area contributed by atoms with E-state index in [0.29, 0.717) is 4.90 Å². The highest BCUT2D eigenvalue weighted by molar-refractivity contribution is 7.89. The van der Waals surface area contributed by atoms with E-state index < -0.39 is 10.0 Å². The lowest BCUT2D eigenvalue weighted by molar-refractivity contribution is 0.588. The summed E-state index contributed by atoms with van der Waals surface area (Å²) >= 11 is 0. The van der Waals surface area contributed by atoms with Gasteiger partial charge in [-0.15, -0.1) is 0 Å². The van der Waals surface area contributed by atoms with Crippen molar-refractivity contribution in [3.8, 4) is 0 Å². The molecule has 1 aromatic rings. The van der Waals surface area contributed by atoms with Crippen LogP contribution in [0.4, 0.5) is 5.69 Å². The lowest BCUT2D eigenvalue weighted by atomic mass is 10.2. The van der Waals surface area contributed by atoms with Gasteiger partial charge in [0.2, 0.25) is 10.0 Å². The molecule has 0 bridgehead atoms. The minimum Gasteiger partial charge on any atom is -0.385 e. The van der Waals surface area contributed by atoms with Crippen LogP contribution in [-0.4, -0.2) is 22.0 Å². The van der Waals surface area contributed by atoms with Crippen LogP contribution in [0.2, 0.25) is 0 Å². The molecule has 0 saturated heterocycles. The van der Waals surface area contributed by atoms with E-state index in [9.17, 15) is 8.42 Å². The second kappa shape index (κ2) is 7.38. The molecule has 1 aromatic carbocycles. The molecule has 0 saturated carbocycles. The number of nitrogens with one attached hydrogen (secondary N) is 2. The average molecular weight is 270 g/mol. The van der Waals surface area contributed by atoms with Crippen molar-refractivity contribution < 1.29 is 8.42 Å². The van der Waals surface area contributed by atoms with Crippen molar-refractivity contribution in [2.75, 3.05) is 18.9 Å². The van der Waals surface area contributed by atoms with E-state index in [4.69, 9.17) is 0 Å². The third-order valence-corrected chi connectivity index (χ3v) is 4.22. The molecular weight excluding hydrogens is 248 g/mol. The monoisotopic (exact) mass is 270 g/mol. The Bertz CT molecular complexity index is 441. The first-order chi connectivity index (χ1) is 8.60. The van der Waals surface area contributed by atoms with Crippen molar-refractivity contribution >= 4 is 15.7 Å². The largest absolute Gasteiger partial charge is 0.385 e. The molecule has 0 amide bonds. The summed E-state index contributed by atoms with van der Waals surface area (Å²) in [7, 11) is -1.91. The minimum atomic E-state index is -3.33. The Morgan fingerprint density at radius 2 is 1.72 bits per heavy atom. The first-order valence-corrected chi connectivity index (χ1v) is 7.86. The highest BCUT2D eigenvalue weighted by Crippen LogP contribution is 2.13. The summed E-state index contributed by atoms with van der Waals surface area (Å²) < 4.78 is 25.3. The van der Waals surface area contributed by atoms with Gasteiger partial charge in [0.25, 0.3) is 0 Å². The van der Waals surface area contributed by atoms with Crippen molar-refractivity contribution in [1.82, 2.24) is 4.72 Å². The van der Waals surface area contributed by atoms with E-state index in [-0.39, 0.29) is 0 Å². The molecule has 0 aliphatic heterocycles. The summed E-state index contributed by atoms with van der Waals surface area (Å²) in [5.41, 5.74) is 0.960. The summed E-state index contributed by atoms with van der Waals surface area (Å²) in [6.07, 6.45) is 4.87. The van der Waals surface area contributed by atoms with Crippen molar-refractivity contribution in [3.05, 3.63) is 24.3 Å². The molecule has 102 valence electrons. The van der Waals surface area contributed by atoms with Crippen LogP contribution in [0.15, 0.2) is 29.2 Å². The summed E-state index contributed by atoms with van der Waals surface area (Å²) in [6, 6.07) is 6.81. The maximum Gasteiger partial charge on any atom is 0.240 e. The van der Waals surface area contributed by atoms with Gasteiger partial charge < -0.3 is 5.32 Å². The Balaban J connectivity index is 2.46. The van der Waals surface area contributed by atoms with Gasteiger partial charge in [-0.3, -0.25) is 0 Å². The van der Waals surface area contributed by atoms with Crippen molar-refractivity contribution in [1.29, 1.82) is 0 Å². The fourth-order valence-electron chi connectivity index (χ4n) is 1.65. The fourth-order valence-corrected chi connectivity index (χ4v) is 2.38. The van der Waals surface area contributed by atoms with E-state index in [2.05, 4.69) is 17.0 Å². The van der Waals surface area contributed by atoms with Crippen LogP contribution in [0.1, 0.15) is 32.6 Å². The first kappa shape index (κ1) is 15.0.